The molecular formula is C21H15ClN2O3. The summed E-state index contributed by atoms with van der Waals surface area (Å²) in [6.45, 7) is 0. The third-order valence-corrected chi connectivity index (χ3v) is 4.10. The number of hydrogen-bond donors (Lipinski definition) is 1. The summed E-state index contributed by atoms with van der Waals surface area (Å²) in [4.78, 5) is 12.3. The highest BCUT2D eigenvalue weighted by molar-refractivity contribution is 6.33. The van der Waals surface area contributed by atoms with Gasteiger partial charge in [0.05, 0.1) is 12.1 Å². The van der Waals surface area contributed by atoms with Crippen LogP contribution < -0.4 is 10.1 Å². The Hall–Kier alpha value is -3.49. The molecule has 0 atom stereocenters. The highest BCUT2D eigenvalue weighted by atomic mass is 35.5. The molecular weight excluding hydrogens is 364 g/mol. The highest BCUT2D eigenvalue weighted by Crippen LogP contribution is 2.29. The van der Waals surface area contributed by atoms with E-state index in [1.165, 1.54) is 6.08 Å². The summed E-state index contributed by atoms with van der Waals surface area (Å²) in [5.74, 6) is 1.08. The number of carbonyl (C=O) groups excluding carboxylic acids is 1. The van der Waals surface area contributed by atoms with Gasteiger partial charge in [0, 0.05) is 17.3 Å². The van der Waals surface area contributed by atoms with Crippen LogP contribution in [0.4, 0.5) is 5.69 Å². The molecule has 0 spiro atoms. The van der Waals surface area contributed by atoms with E-state index in [0.717, 1.165) is 5.56 Å². The number of nitrogens with zero attached hydrogens (tertiary/aromatic N) is 1. The van der Waals surface area contributed by atoms with Gasteiger partial charge in [-0.05, 0) is 48.5 Å². The topological polar surface area (TPSA) is 75.3 Å². The number of hydrogen-bond acceptors (Lipinski definition) is 4. The van der Waals surface area contributed by atoms with Crippen molar-refractivity contribution >= 4 is 29.3 Å². The van der Waals surface area contributed by atoms with E-state index in [9.17, 15) is 10.1 Å². The zero-order chi connectivity index (χ0) is 19.2. The van der Waals surface area contributed by atoms with Gasteiger partial charge in [-0.2, -0.15) is 5.26 Å². The van der Waals surface area contributed by atoms with Crippen LogP contribution in [0.25, 0.3) is 17.4 Å². The smallest absolute Gasteiger partial charge is 0.266 e. The Bertz CT molecular complexity index is 1030. The molecule has 1 amide bonds. The van der Waals surface area contributed by atoms with E-state index in [0.29, 0.717) is 28.0 Å². The second-order valence-electron chi connectivity index (χ2n) is 5.53. The molecule has 0 aliphatic rings. The summed E-state index contributed by atoms with van der Waals surface area (Å²) in [6, 6.07) is 19.4. The molecule has 3 rings (SSSR count). The van der Waals surface area contributed by atoms with E-state index < -0.39 is 5.91 Å². The van der Waals surface area contributed by atoms with Gasteiger partial charge in [0.1, 0.15) is 28.9 Å². The Kier molecular flexibility index (Phi) is 5.60. The van der Waals surface area contributed by atoms with Crippen molar-refractivity contribution in [1.29, 1.82) is 5.26 Å². The predicted molar refractivity (Wildman–Crippen MR) is 104 cm³/mol. The second-order valence-corrected chi connectivity index (χ2v) is 5.94. The van der Waals surface area contributed by atoms with Crippen LogP contribution in [0.5, 0.6) is 5.75 Å². The van der Waals surface area contributed by atoms with Crippen molar-refractivity contribution in [3.8, 4) is 23.1 Å². The summed E-state index contributed by atoms with van der Waals surface area (Å²) in [5, 5.41) is 12.5. The molecule has 5 nitrogen and oxygen atoms in total. The summed E-state index contributed by atoms with van der Waals surface area (Å²) >= 11 is 6.16. The van der Waals surface area contributed by atoms with Gasteiger partial charge in [-0.3, -0.25) is 4.79 Å². The number of nitrogens with one attached hydrogen (secondary N) is 1. The number of nitriles is 1. The number of rotatable bonds is 5. The lowest BCUT2D eigenvalue weighted by Crippen LogP contribution is -2.13. The van der Waals surface area contributed by atoms with Crippen LogP contribution in [-0.2, 0) is 4.79 Å². The standard InChI is InChI=1S/C21H15ClN2O3/c1-26-16-8-6-15(7-9-16)24-21(25)14(13-23)12-17-10-11-20(27-17)18-4-2-3-5-19(18)22/h2-12H,1H3,(H,24,25)/b14-12+. The first-order valence-electron chi connectivity index (χ1n) is 8.02. The average Bonchev–Trinajstić information content (AvgIpc) is 3.15. The van der Waals surface area contributed by atoms with Gasteiger partial charge >= 0.3 is 0 Å². The zero-order valence-corrected chi connectivity index (χ0v) is 15.2. The Balaban J connectivity index is 1.79. The maximum atomic E-state index is 12.3. The van der Waals surface area contributed by atoms with Gasteiger partial charge in [0.2, 0.25) is 0 Å². The Morgan fingerprint density at radius 3 is 2.56 bits per heavy atom. The van der Waals surface area contributed by atoms with E-state index in [1.807, 2.05) is 24.3 Å². The first-order valence-corrected chi connectivity index (χ1v) is 8.40. The minimum Gasteiger partial charge on any atom is -0.497 e. The molecule has 1 aromatic heterocycles. The molecule has 3 aromatic rings. The van der Waals surface area contributed by atoms with Crippen molar-refractivity contribution in [2.45, 2.75) is 0 Å². The van der Waals surface area contributed by atoms with Crippen molar-refractivity contribution < 1.29 is 13.9 Å². The van der Waals surface area contributed by atoms with E-state index in [4.69, 9.17) is 20.8 Å². The number of ether oxygens (including phenoxy) is 1. The lowest BCUT2D eigenvalue weighted by Gasteiger charge is -2.05. The summed E-state index contributed by atoms with van der Waals surface area (Å²) in [6.07, 6.45) is 1.39. The van der Waals surface area contributed by atoms with Crippen LogP contribution in [0.2, 0.25) is 5.02 Å². The zero-order valence-electron chi connectivity index (χ0n) is 14.4. The lowest BCUT2D eigenvalue weighted by atomic mass is 10.2. The highest BCUT2D eigenvalue weighted by Gasteiger charge is 2.12. The van der Waals surface area contributed by atoms with Gasteiger partial charge in [0.15, 0.2) is 0 Å². The van der Waals surface area contributed by atoms with Crippen LogP contribution >= 0.6 is 11.6 Å². The third-order valence-electron chi connectivity index (χ3n) is 3.77. The molecule has 0 bridgehead atoms. The van der Waals surface area contributed by atoms with E-state index in [1.54, 1.807) is 49.6 Å². The van der Waals surface area contributed by atoms with Gasteiger partial charge in [-0.1, -0.05) is 23.7 Å². The number of furan rings is 1. The first kappa shape index (κ1) is 18.3. The quantitative estimate of drug-likeness (QED) is 0.491. The van der Waals surface area contributed by atoms with Crippen LogP contribution in [0, 0.1) is 11.3 Å². The van der Waals surface area contributed by atoms with Gasteiger partial charge < -0.3 is 14.5 Å². The van der Waals surface area contributed by atoms with Crippen LogP contribution in [-0.4, -0.2) is 13.0 Å². The van der Waals surface area contributed by atoms with Gasteiger partial charge in [-0.15, -0.1) is 0 Å². The molecule has 134 valence electrons. The molecule has 0 fully saturated rings. The number of methoxy groups -OCH3 is 1. The average molecular weight is 379 g/mol. The number of carbonyl (C=O) groups is 1. The molecule has 0 saturated carbocycles. The van der Waals surface area contributed by atoms with E-state index in [2.05, 4.69) is 5.32 Å². The fourth-order valence-electron chi connectivity index (χ4n) is 2.40. The minimum absolute atomic E-state index is 0.0779. The molecule has 0 unspecified atom stereocenters. The molecule has 0 aliphatic heterocycles. The van der Waals surface area contributed by atoms with Crippen LogP contribution in [0.15, 0.2) is 70.7 Å². The first-order chi connectivity index (χ1) is 13.1. The van der Waals surface area contributed by atoms with E-state index >= 15 is 0 Å². The number of anilines is 1. The molecule has 6 heteroatoms. The monoisotopic (exact) mass is 378 g/mol. The molecule has 1 N–H and O–H groups in total. The van der Waals surface area contributed by atoms with E-state index in [-0.39, 0.29) is 5.57 Å². The molecule has 0 aliphatic carbocycles. The summed E-state index contributed by atoms with van der Waals surface area (Å²) < 4.78 is 10.8. The fourth-order valence-corrected chi connectivity index (χ4v) is 2.63. The lowest BCUT2D eigenvalue weighted by molar-refractivity contribution is -0.112. The van der Waals surface area contributed by atoms with Crippen molar-refractivity contribution in [1.82, 2.24) is 0 Å². The van der Waals surface area contributed by atoms with Crippen molar-refractivity contribution in [2.24, 2.45) is 0 Å². The molecule has 2 aromatic carbocycles. The maximum Gasteiger partial charge on any atom is 0.266 e. The Morgan fingerprint density at radius 1 is 1.15 bits per heavy atom. The Labute approximate surface area is 161 Å². The second kappa shape index (κ2) is 8.26. The number of amides is 1. The van der Waals surface area contributed by atoms with Crippen LogP contribution in [0.3, 0.4) is 0 Å². The SMILES string of the molecule is COc1ccc(NC(=O)/C(C#N)=C/c2ccc(-c3ccccc3Cl)o2)cc1. The Morgan fingerprint density at radius 2 is 1.89 bits per heavy atom. The normalized spacial score (nSPS) is 10.9. The molecule has 1 heterocycles. The fraction of sp³-hybridized carbons (Fsp3) is 0.0476. The van der Waals surface area contributed by atoms with Crippen molar-refractivity contribution in [2.75, 3.05) is 12.4 Å². The molecule has 27 heavy (non-hydrogen) atoms. The maximum absolute atomic E-state index is 12.3. The molecule has 0 saturated heterocycles. The third kappa shape index (κ3) is 4.38. The largest absolute Gasteiger partial charge is 0.497 e. The summed E-state index contributed by atoms with van der Waals surface area (Å²) in [5.41, 5.74) is 1.21. The number of halogens is 1. The number of benzene rings is 2. The summed E-state index contributed by atoms with van der Waals surface area (Å²) in [7, 11) is 1.56. The van der Waals surface area contributed by atoms with Crippen LogP contribution in [0.1, 0.15) is 5.76 Å². The minimum atomic E-state index is -0.529. The predicted octanol–water partition coefficient (Wildman–Crippen LogP) is 5.15. The van der Waals surface area contributed by atoms with Crippen molar-refractivity contribution in [3.63, 3.8) is 0 Å². The van der Waals surface area contributed by atoms with Gasteiger partial charge in [0.25, 0.3) is 5.91 Å². The van der Waals surface area contributed by atoms with Crippen molar-refractivity contribution in [3.05, 3.63) is 77.0 Å². The van der Waals surface area contributed by atoms with Gasteiger partial charge in [-0.25, -0.2) is 0 Å². The molecule has 0 radical (unpaired) electrons.